The molecule has 0 bridgehead atoms. The van der Waals surface area contributed by atoms with E-state index in [1.807, 2.05) is 0 Å². The molecule has 0 atom stereocenters. The number of carbonyl (C=O) groups excluding carboxylic acids is 1. The van der Waals surface area contributed by atoms with Crippen LogP contribution in [0.15, 0.2) is 9.76 Å². The number of ether oxygens (including phenoxy) is 1. The average Bonchev–Trinajstić information content (AvgIpc) is 2.59. The van der Waals surface area contributed by atoms with Crippen molar-refractivity contribution in [2.45, 2.75) is 37.6 Å². The molecule has 1 rings (SSSR count). The molecule has 0 aliphatic carbocycles. The van der Waals surface area contributed by atoms with Gasteiger partial charge in [0.2, 0.25) is 15.0 Å². The minimum absolute atomic E-state index is 0.000440. The lowest BCUT2D eigenvalue weighted by atomic mass is 10.5. The summed E-state index contributed by atoms with van der Waals surface area (Å²) in [7, 11) is -4.73. The SMILES string of the molecule is C[Si](C)(C)CCOCn1c(S(C)(=O)=O)nc(Br)c1C=O. The van der Waals surface area contributed by atoms with Crippen LogP contribution in [0.25, 0.3) is 0 Å². The van der Waals surface area contributed by atoms with Gasteiger partial charge in [-0.05, 0) is 22.0 Å². The van der Waals surface area contributed by atoms with Crippen molar-refractivity contribution in [3.63, 3.8) is 0 Å². The molecule has 0 spiro atoms. The zero-order valence-electron chi connectivity index (χ0n) is 12.0. The van der Waals surface area contributed by atoms with Crippen molar-refractivity contribution in [1.82, 2.24) is 9.55 Å². The van der Waals surface area contributed by atoms with Crippen LogP contribution in [0.1, 0.15) is 10.5 Å². The van der Waals surface area contributed by atoms with Gasteiger partial charge in [0.25, 0.3) is 0 Å². The maximum Gasteiger partial charge on any atom is 0.230 e. The summed E-state index contributed by atoms with van der Waals surface area (Å²) in [6.07, 6.45) is 1.61. The fourth-order valence-electron chi connectivity index (χ4n) is 1.47. The van der Waals surface area contributed by atoms with E-state index in [4.69, 9.17) is 4.74 Å². The molecule has 0 aliphatic rings. The molecular weight excluding hydrogens is 364 g/mol. The number of nitrogens with zero attached hydrogens (tertiary/aromatic N) is 2. The van der Waals surface area contributed by atoms with Crippen molar-refractivity contribution >= 4 is 40.1 Å². The zero-order valence-corrected chi connectivity index (χ0v) is 15.4. The summed E-state index contributed by atoms with van der Waals surface area (Å²) in [5.74, 6) is 0. The van der Waals surface area contributed by atoms with Crippen molar-refractivity contribution in [3.8, 4) is 0 Å². The molecule has 9 heteroatoms. The molecule has 0 unspecified atom stereocenters. The lowest BCUT2D eigenvalue weighted by Crippen LogP contribution is -2.22. The van der Waals surface area contributed by atoms with Gasteiger partial charge in [-0.25, -0.2) is 13.4 Å². The van der Waals surface area contributed by atoms with Gasteiger partial charge in [0.1, 0.15) is 17.0 Å². The predicted octanol–water partition coefficient (Wildman–Crippen LogP) is 2.17. The Labute approximate surface area is 128 Å². The van der Waals surface area contributed by atoms with E-state index < -0.39 is 17.9 Å². The molecule has 20 heavy (non-hydrogen) atoms. The van der Waals surface area contributed by atoms with Gasteiger partial charge in [-0.2, -0.15) is 0 Å². The molecule has 1 aromatic heterocycles. The quantitative estimate of drug-likeness (QED) is 0.410. The van der Waals surface area contributed by atoms with Crippen molar-refractivity contribution in [2.75, 3.05) is 12.9 Å². The van der Waals surface area contributed by atoms with Crippen LogP contribution in [0.2, 0.25) is 25.7 Å². The number of halogens is 1. The second-order valence-electron chi connectivity index (χ2n) is 5.74. The van der Waals surface area contributed by atoms with Gasteiger partial charge in [0.15, 0.2) is 6.29 Å². The third-order valence-electron chi connectivity index (χ3n) is 2.59. The summed E-state index contributed by atoms with van der Waals surface area (Å²) >= 11 is 3.09. The number of hydrogen-bond donors (Lipinski definition) is 0. The fourth-order valence-corrected chi connectivity index (χ4v) is 3.63. The second kappa shape index (κ2) is 6.50. The van der Waals surface area contributed by atoms with Crippen LogP contribution in [0.3, 0.4) is 0 Å². The zero-order chi connectivity index (χ0) is 15.6. The van der Waals surface area contributed by atoms with Crippen LogP contribution >= 0.6 is 15.9 Å². The minimum Gasteiger partial charge on any atom is -0.361 e. The van der Waals surface area contributed by atoms with Crippen molar-refractivity contribution < 1.29 is 17.9 Å². The highest BCUT2D eigenvalue weighted by Crippen LogP contribution is 2.20. The molecular formula is C11H19BrN2O4SSi. The van der Waals surface area contributed by atoms with Gasteiger partial charge in [-0.15, -0.1) is 0 Å². The molecule has 1 heterocycles. The predicted molar refractivity (Wildman–Crippen MR) is 82.5 cm³/mol. The summed E-state index contributed by atoms with van der Waals surface area (Å²) in [6.45, 7) is 7.21. The third-order valence-corrected chi connectivity index (χ3v) is 5.85. The summed E-state index contributed by atoms with van der Waals surface area (Å²) in [6, 6.07) is 0.966. The highest BCUT2D eigenvalue weighted by atomic mass is 79.9. The Hall–Kier alpha value is -0.513. The lowest BCUT2D eigenvalue weighted by Gasteiger charge is -2.16. The van der Waals surface area contributed by atoms with Crippen molar-refractivity contribution in [3.05, 3.63) is 10.3 Å². The van der Waals surface area contributed by atoms with E-state index >= 15 is 0 Å². The van der Waals surface area contributed by atoms with Crippen molar-refractivity contribution in [2.24, 2.45) is 0 Å². The monoisotopic (exact) mass is 382 g/mol. The molecule has 1 aromatic rings. The molecule has 0 saturated carbocycles. The van der Waals surface area contributed by atoms with E-state index in [1.165, 1.54) is 4.57 Å². The van der Waals surface area contributed by atoms with Crippen LogP contribution in [0.5, 0.6) is 0 Å². The Kier molecular flexibility index (Phi) is 5.70. The summed E-state index contributed by atoms with van der Waals surface area (Å²) in [4.78, 5) is 14.9. The van der Waals surface area contributed by atoms with Gasteiger partial charge < -0.3 is 4.74 Å². The largest absolute Gasteiger partial charge is 0.361 e. The van der Waals surface area contributed by atoms with E-state index in [1.54, 1.807) is 0 Å². The van der Waals surface area contributed by atoms with Crippen LogP contribution in [0.4, 0.5) is 0 Å². The minimum atomic E-state index is -3.52. The Balaban J connectivity index is 2.91. The maximum atomic E-state index is 11.7. The number of carbonyl (C=O) groups is 1. The molecule has 6 nitrogen and oxygen atoms in total. The van der Waals surface area contributed by atoms with Gasteiger partial charge in [0, 0.05) is 20.9 Å². The molecule has 0 aliphatic heterocycles. The van der Waals surface area contributed by atoms with Gasteiger partial charge in [-0.1, -0.05) is 19.6 Å². The number of aldehydes is 1. The van der Waals surface area contributed by atoms with E-state index in [2.05, 4.69) is 40.6 Å². The van der Waals surface area contributed by atoms with Gasteiger partial charge in [0.05, 0.1) is 0 Å². The Morgan fingerprint density at radius 1 is 1.40 bits per heavy atom. The first-order valence-corrected chi connectivity index (χ1v) is 12.4. The van der Waals surface area contributed by atoms with Crippen molar-refractivity contribution in [1.29, 1.82) is 0 Å². The Bertz CT molecular complexity index is 592. The first-order chi connectivity index (χ1) is 9.06. The number of hydrogen-bond acceptors (Lipinski definition) is 5. The van der Waals surface area contributed by atoms with Crippen LogP contribution in [-0.2, 0) is 21.3 Å². The molecule has 0 fully saturated rings. The molecule has 0 amide bonds. The second-order valence-corrected chi connectivity index (χ2v) is 14.0. The van der Waals surface area contributed by atoms with Gasteiger partial charge in [-0.3, -0.25) is 9.36 Å². The first kappa shape index (κ1) is 17.5. The third kappa shape index (κ3) is 4.79. The Morgan fingerprint density at radius 3 is 2.45 bits per heavy atom. The normalized spacial score (nSPS) is 12.7. The number of aromatic nitrogens is 2. The fraction of sp³-hybridized carbons (Fsp3) is 0.636. The molecule has 0 N–H and O–H groups in total. The standard InChI is InChI=1S/C11H19BrN2O4SSi/c1-19(16,17)11-13-10(12)9(7-15)14(11)8-18-5-6-20(2,3)4/h7H,5-6,8H2,1-4H3. The highest BCUT2D eigenvalue weighted by molar-refractivity contribution is 9.10. The smallest absolute Gasteiger partial charge is 0.230 e. The first-order valence-electron chi connectivity index (χ1n) is 6.05. The van der Waals surface area contributed by atoms with Crippen LogP contribution in [-0.4, -0.2) is 45.2 Å². The maximum absolute atomic E-state index is 11.7. The number of rotatable bonds is 7. The topological polar surface area (TPSA) is 78.3 Å². The lowest BCUT2D eigenvalue weighted by molar-refractivity contribution is 0.0776. The molecule has 114 valence electrons. The number of imidazole rings is 1. The summed E-state index contributed by atoms with van der Waals surface area (Å²) in [5.41, 5.74) is 0.165. The summed E-state index contributed by atoms with van der Waals surface area (Å²) < 4.78 is 30.3. The number of sulfone groups is 1. The molecule has 0 aromatic carbocycles. The van der Waals surface area contributed by atoms with E-state index in [0.717, 1.165) is 12.3 Å². The van der Waals surface area contributed by atoms with E-state index in [0.29, 0.717) is 12.9 Å². The van der Waals surface area contributed by atoms with Crippen LogP contribution in [0, 0.1) is 0 Å². The highest BCUT2D eigenvalue weighted by Gasteiger charge is 2.22. The Morgan fingerprint density at radius 2 is 2.00 bits per heavy atom. The summed E-state index contributed by atoms with van der Waals surface area (Å²) in [5, 5.41) is -0.167. The van der Waals surface area contributed by atoms with Gasteiger partial charge >= 0.3 is 0 Å². The van der Waals surface area contributed by atoms with E-state index in [9.17, 15) is 13.2 Å². The van der Waals surface area contributed by atoms with E-state index in [-0.39, 0.29) is 22.2 Å². The van der Waals surface area contributed by atoms with Crippen LogP contribution < -0.4 is 0 Å². The average molecular weight is 383 g/mol. The molecule has 0 saturated heterocycles. The molecule has 0 radical (unpaired) electrons.